The molecule has 0 spiro atoms. The lowest BCUT2D eigenvalue weighted by molar-refractivity contribution is -0.137. The summed E-state index contributed by atoms with van der Waals surface area (Å²) >= 11 is 0. The van der Waals surface area contributed by atoms with Crippen LogP contribution in [0, 0.1) is 5.92 Å². The zero-order valence-corrected chi connectivity index (χ0v) is 15.1. The standard InChI is InChI=1S/C20H34O4/c1-2-3-4-7-10-15-23-20-16(17-13-14-18(20)24-17)11-8-5-6-9-12-19(21)22/h5,8,16-18,20H,2-4,6-7,9-15H2,1H3,(H,21,22)/t16-,17+,18-,20-/m0/s1. The van der Waals surface area contributed by atoms with Crippen LogP contribution in [0.4, 0.5) is 0 Å². The predicted molar refractivity (Wildman–Crippen MR) is 95.1 cm³/mol. The third-order valence-electron chi connectivity index (χ3n) is 5.25. The number of carboxylic acid groups (broad SMARTS) is 1. The van der Waals surface area contributed by atoms with Crippen molar-refractivity contribution in [3.63, 3.8) is 0 Å². The molecule has 2 fully saturated rings. The molecule has 0 aromatic heterocycles. The molecule has 4 heteroatoms. The molecular weight excluding hydrogens is 304 g/mol. The molecule has 2 bridgehead atoms. The molecule has 2 saturated heterocycles. The zero-order valence-electron chi connectivity index (χ0n) is 15.1. The van der Waals surface area contributed by atoms with Crippen LogP contribution < -0.4 is 0 Å². The average molecular weight is 338 g/mol. The summed E-state index contributed by atoms with van der Waals surface area (Å²) in [6.07, 6.45) is 16.7. The van der Waals surface area contributed by atoms with E-state index in [0.29, 0.717) is 18.1 Å². The van der Waals surface area contributed by atoms with E-state index < -0.39 is 5.97 Å². The van der Waals surface area contributed by atoms with Crippen LogP contribution in [0.2, 0.25) is 0 Å². The van der Waals surface area contributed by atoms with E-state index in [1.807, 2.05) is 0 Å². The molecule has 24 heavy (non-hydrogen) atoms. The van der Waals surface area contributed by atoms with Crippen LogP contribution in [0.1, 0.15) is 77.6 Å². The number of hydrogen-bond acceptors (Lipinski definition) is 3. The first kappa shape index (κ1) is 19.5. The SMILES string of the molecule is CCCCCCCO[C@H]1[C@@H](CC=CCCCC(=O)O)[C@H]2CC[C@@H]1O2. The first-order valence-electron chi connectivity index (χ1n) is 9.86. The Balaban J connectivity index is 1.65. The van der Waals surface area contributed by atoms with Gasteiger partial charge < -0.3 is 14.6 Å². The predicted octanol–water partition coefficient (Wildman–Crippen LogP) is 4.72. The van der Waals surface area contributed by atoms with Crippen molar-refractivity contribution in [1.29, 1.82) is 0 Å². The van der Waals surface area contributed by atoms with E-state index in [-0.39, 0.29) is 12.5 Å². The molecular formula is C20H34O4. The Kier molecular flexibility index (Phi) is 8.82. The number of allylic oxidation sites excluding steroid dienone is 2. The quantitative estimate of drug-likeness (QED) is 0.390. The van der Waals surface area contributed by atoms with E-state index in [9.17, 15) is 4.79 Å². The lowest BCUT2D eigenvalue weighted by atomic mass is 9.84. The second-order valence-corrected chi connectivity index (χ2v) is 7.20. The summed E-state index contributed by atoms with van der Waals surface area (Å²) in [4.78, 5) is 10.5. The second kappa shape index (κ2) is 10.9. The monoisotopic (exact) mass is 338 g/mol. The molecule has 2 aliphatic rings. The minimum absolute atomic E-state index is 0.255. The Hall–Kier alpha value is -0.870. The first-order chi connectivity index (χ1) is 11.7. The highest BCUT2D eigenvalue weighted by Crippen LogP contribution is 2.42. The maximum atomic E-state index is 10.5. The topological polar surface area (TPSA) is 55.8 Å². The number of rotatable bonds is 13. The van der Waals surface area contributed by atoms with Gasteiger partial charge in [-0.1, -0.05) is 44.8 Å². The maximum absolute atomic E-state index is 10.5. The van der Waals surface area contributed by atoms with Gasteiger partial charge in [-0.3, -0.25) is 4.79 Å². The van der Waals surface area contributed by atoms with Gasteiger partial charge in [0, 0.05) is 18.9 Å². The number of carbonyl (C=O) groups is 1. The fourth-order valence-electron chi connectivity index (χ4n) is 3.92. The van der Waals surface area contributed by atoms with Gasteiger partial charge in [-0.15, -0.1) is 0 Å². The number of hydrogen-bond donors (Lipinski definition) is 1. The van der Waals surface area contributed by atoms with Gasteiger partial charge in [-0.05, 0) is 38.5 Å². The Morgan fingerprint density at radius 2 is 1.92 bits per heavy atom. The molecule has 4 atom stereocenters. The average Bonchev–Trinajstić information content (AvgIpc) is 3.15. The molecule has 0 aromatic carbocycles. The van der Waals surface area contributed by atoms with Crippen molar-refractivity contribution in [3.8, 4) is 0 Å². The Morgan fingerprint density at radius 1 is 1.12 bits per heavy atom. The number of unbranched alkanes of at least 4 members (excludes halogenated alkanes) is 5. The smallest absolute Gasteiger partial charge is 0.303 e. The largest absolute Gasteiger partial charge is 0.481 e. The van der Waals surface area contributed by atoms with Crippen molar-refractivity contribution in [2.45, 2.75) is 95.9 Å². The molecule has 0 amide bonds. The van der Waals surface area contributed by atoms with Crippen LogP contribution in [0.3, 0.4) is 0 Å². The molecule has 138 valence electrons. The van der Waals surface area contributed by atoms with Crippen molar-refractivity contribution in [3.05, 3.63) is 12.2 Å². The van der Waals surface area contributed by atoms with E-state index in [0.717, 1.165) is 38.7 Å². The maximum Gasteiger partial charge on any atom is 0.303 e. The van der Waals surface area contributed by atoms with Gasteiger partial charge in [0.25, 0.3) is 0 Å². The lowest BCUT2D eigenvalue weighted by Gasteiger charge is -2.27. The van der Waals surface area contributed by atoms with Crippen LogP contribution in [-0.4, -0.2) is 36.0 Å². The molecule has 2 heterocycles. The van der Waals surface area contributed by atoms with E-state index >= 15 is 0 Å². The summed E-state index contributed by atoms with van der Waals surface area (Å²) in [5, 5.41) is 8.64. The van der Waals surface area contributed by atoms with Crippen molar-refractivity contribution < 1.29 is 19.4 Å². The van der Waals surface area contributed by atoms with Crippen molar-refractivity contribution in [2.24, 2.45) is 5.92 Å². The highest BCUT2D eigenvalue weighted by atomic mass is 16.6. The van der Waals surface area contributed by atoms with Crippen LogP contribution >= 0.6 is 0 Å². The summed E-state index contributed by atoms with van der Waals surface area (Å²) in [6, 6.07) is 0. The van der Waals surface area contributed by atoms with Gasteiger partial charge in [0.1, 0.15) is 0 Å². The molecule has 1 N–H and O–H groups in total. The number of aliphatic carboxylic acids is 1. The molecule has 0 radical (unpaired) electrons. The second-order valence-electron chi connectivity index (χ2n) is 7.20. The molecule has 2 aliphatic heterocycles. The summed E-state index contributed by atoms with van der Waals surface area (Å²) in [6.45, 7) is 3.10. The first-order valence-corrected chi connectivity index (χ1v) is 9.86. The van der Waals surface area contributed by atoms with Crippen molar-refractivity contribution in [2.75, 3.05) is 6.61 Å². The minimum atomic E-state index is -0.711. The molecule has 2 rings (SSSR count). The van der Waals surface area contributed by atoms with E-state index in [1.165, 1.54) is 32.1 Å². The van der Waals surface area contributed by atoms with Gasteiger partial charge in [-0.2, -0.15) is 0 Å². The number of carboxylic acids is 1. The Bertz CT molecular complexity index is 393. The molecule has 0 aliphatic carbocycles. The summed E-state index contributed by atoms with van der Waals surface area (Å²) in [5.41, 5.74) is 0. The van der Waals surface area contributed by atoms with Crippen molar-refractivity contribution in [1.82, 2.24) is 0 Å². The van der Waals surface area contributed by atoms with Crippen LogP contribution in [-0.2, 0) is 14.3 Å². The molecule has 4 nitrogen and oxygen atoms in total. The fourth-order valence-corrected chi connectivity index (χ4v) is 3.92. The Morgan fingerprint density at radius 3 is 2.71 bits per heavy atom. The molecule has 0 aromatic rings. The normalized spacial score (nSPS) is 28.9. The van der Waals surface area contributed by atoms with Crippen LogP contribution in [0.25, 0.3) is 0 Å². The van der Waals surface area contributed by atoms with Crippen LogP contribution in [0.15, 0.2) is 12.2 Å². The molecule has 0 unspecified atom stereocenters. The van der Waals surface area contributed by atoms with Gasteiger partial charge in [0.2, 0.25) is 0 Å². The van der Waals surface area contributed by atoms with Gasteiger partial charge in [-0.25, -0.2) is 0 Å². The third kappa shape index (κ3) is 6.21. The van der Waals surface area contributed by atoms with Crippen LogP contribution in [0.5, 0.6) is 0 Å². The van der Waals surface area contributed by atoms with E-state index in [1.54, 1.807) is 0 Å². The summed E-state index contributed by atoms with van der Waals surface area (Å²) in [7, 11) is 0. The zero-order chi connectivity index (χ0) is 17.2. The van der Waals surface area contributed by atoms with Gasteiger partial charge >= 0.3 is 5.97 Å². The highest BCUT2D eigenvalue weighted by Gasteiger charge is 2.48. The highest BCUT2D eigenvalue weighted by molar-refractivity contribution is 5.66. The van der Waals surface area contributed by atoms with E-state index in [2.05, 4.69) is 19.1 Å². The fraction of sp³-hybridized carbons (Fsp3) is 0.850. The third-order valence-corrected chi connectivity index (χ3v) is 5.25. The number of ether oxygens (including phenoxy) is 2. The Labute approximate surface area is 146 Å². The summed E-state index contributed by atoms with van der Waals surface area (Å²) < 4.78 is 12.3. The minimum Gasteiger partial charge on any atom is -0.481 e. The summed E-state index contributed by atoms with van der Waals surface area (Å²) in [5.74, 6) is -0.229. The van der Waals surface area contributed by atoms with E-state index in [4.69, 9.17) is 14.6 Å². The molecule has 0 saturated carbocycles. The lowest BCUT2D eigenvalue weighted by Crippen LogP contribution is -2.34. The number of fused-ring (bicyclic) bond motifs is 2. The van der Waals surface area contributed by atoms with Gasteiger partial charge in [0.05, 0.1) is 18.3 Å². The van der Waals surface area contributed by atoms with Crippen molar-refractivity contribution >= 4 is 5.97 Å². The van der Waals surface area contributed by atoms with Gasteiger partial charge in [0.15, 0.2) is 0 Å².